The molecule has 0 heterocycles. The Bertz CT molecular complexity index is 400. The van der Waals surface area contributed by atoms with Crippen molar-refractivity contribution in [2.24, 2.45) is 0 Å². The normalized spacial score (nSPS) is 11.2. The smallest absolute Gasteiger partial charge is 0.419 e. The Labute approximate surface area is 87.3 Å². The van der Waals surface area contributed by atoms with Gasteiger partial charge in [-0.15, -0.1) is 0 Å². The molecule has 0 aliphatic rings. The number of alkyl halides is 3. The second-order valence-corrected chi connectivity index (χ2v) is 2.85. The molecule has 88 valence electrons. The highest BCUT2D eigenvalue weighted by Gasteiger charge is 2.34. The Morgan fingerprint density at radius 3 is 2.50 bits per heavy atom. The molecule has 0 aromatic heterocycles. The van der Waals surface area contributed by atoms with Crippen molar-refractivity contribution in [3.63, 3.8) is 0 Å². The van der Waals surface area contributed by atoms with E-state index < -0.39 is 30.3 Å². The number of carbonyl (C=O) groups is 1. The van der Waals surface area contributed by atoms with E-state index in [4.69, 9.17) is 0 Å². The van der Waals surface area contributed by atoms with Crippen LogP contribution in [0.2, 0.25) is 0 Å². The second-order valence-electron chi connectivity index (χ2n) is 2.85. The summed E-state index contributed by atoms with van der Waals surface area (Å²) in [4.78, 5) is 9.89. The van der Waals surface area contributed by atoms with Crippen molar-refractivity contribution in [3.05, 3.63) is 35.1 Å². The number of hydrogen-bond donors (Lipinski definition) is 0. The molecular weight excluding hydrogens is 232 g/mol. The molecule has 0 unspecified atom stereocenters. The van der Waals surface area contributed by atoms with Crippen LogP contribution in [0, 0.1) is 5.82 Å². The van der Waals surface area contributed by atoms with Crippen molar-refractivity contribution in [2.75, 3.05) is 0 Å². The van der Waals surface area contributed by atoms with Crippen molar-refractivity contribution < 1.29 is 32.2 Å². The SMILES string of the molecule is O=C([O-])OCc1ccc(F)c(C(F)(F)F)c1. The summed E-state index contributed by atoms with van der Waals surface area (Å²) in [5.74, 6) is -1.43. The largest absolute Gasteiger partial charge is 0.545 e. The van der Waals surface area contributed by atoms with Crippen LogP contribution in [0.3, 0.4) is 0 Å². The first-order chi connectivity index (χ1) is 7.30. The number of carboxylic acid groups (broad SMARTS) is 1. The number of carbonyl (C=O) groups excluding carboxylic acids is 1. The maximum absolute atomic E-state index is 12.8. The fourth-order valence-electron chi connectivity index (χ4n) is 1.02. The van der Waals surface area contributed by atoms with E-state index in [0.29, 0.717) is 12.1 Å². The van der Waals surface area contributed by atoms with Gasteiger partial charge in [0.05, 0.1) is 12.2 Å². The zero-order valence-corrected chi connectivity index (χ0v) is 7.68. The van der Waals surface area contributed by atoms with Crippen LogP contribution in [0.5, 0.6) is 0 Å². The maximum Gasteiger partial charge on any atom is 0.419 e. The summed E-state index contributed by atoms with van der Waals surface area (Å²) in [6, 6.07) is 2.07. The minimum atomic E-state index is -4.83. The van der Waals surface area contributed by atoms with Crippen LogP contribution < -0.4 is 5.11 Å². The van der Waals surface area contributed by atoms with E-state index >= 15 is 0 Å². The van der Waals surface area contributed by atoms with E-state index in [1.54, 1.807) is 0 Å². The molecule has 0 atom stereocenters. The molecule has 7 heteroatoms. The standard InChI is InChI=1S/C9H6F4O3/c10-7-2-1-5(4-16-8(14)15)3-6(7)9(11,12)13/h1-3H,4H2,(H,14,15)/p-1. The summed E-state index contributed by atoms with van der Waals surface area (Å²) in [7, 11) is 0. The molecule has 0 aliphatic heterocycles. The van der Waals surface area contributed by atoms with E-state index in [1.165, 1.54) is 0 Å². The van der Waals surface area contributed by atoms with E-state index in [1.807, 2.05) is 0 Å². The third-order valence-corrected chi connectivity index (χ3v) is 1.69. The molecular formula is C9H5F4O3-. The van der Waals surface area contributed by atoms with Gasteiger partial charge in [-0.1, -0.05) is 6.07 Å². The zero-order chi connectivity index (χ0) is 12.3. The molecule has 0 bridgehead atoms. The highest BCUT2D eigenvalue weighted by Crippen LogP contribution is 2.31. The Hall–Kier alpha value is -1.79. The Balaban J connectivity index is 2.94. The molecule has 3 nitrogen and oxygen atoms in total. The van der Waals surface area contributed by atoms with Crippen LogP contribution in [-0.4, -0.2) is 6.16 Å². The number of benzene rings is 1. The second kappa shape index (κ2) is 4.38. The molecule has 0 radical (unpaired) electrons. The van der Waals surface area contributed by atoms with Gasteiger partial charge in [0, 0.05) is 0 Å². The van der Waals surface area contributed by atoms with Crippen LogP contribution >= 0.6 is 0 Å². The van der Waals surface area contributed by atoms with E-state index in [-0.39, 0.29) is 5.56 Å². The third-order valence-electron chi connectivity index (χ3n) is 1.69. The quantitative estimate of drug-likeness (QED) is 0.581. The summed E-state index contributed by atoms with van der Waals surface area (Å²) in [6.07, 6.45) is -6.69. The molecule has 0 spiro atoms. The van der Waals surface area contributed by atoms with Crippen LogP contribution in [0.25, 0.3) is 0 Å². The predicted octanol–water partition coefficient (Wildman–Crippen LogP) is 1.70. The molecule has 0 amide bonds. The molecule has 0 N–H and O–H groups in total. The van der Waals surface area contributed by atoms with Crippen molar-refractivity contribution in [2.45, 2.75) is 12.8 Å². The molecule has 1 rings (SSSR count). The minimum Gasteiger partial charge on any atom is -0.545 e. The van der Waals surface area contributed by atoms with Gasteiger partial charge in [0.1, 0.15) is 5.82 Å². The highest BCUT2D eigenvalue weighted by molar-refractivity contribution is 5.54. The van der Waals surface area contributed by atoms with Crippen LogP contribution in [0.4, 0.5) is 22.4 Å². The van der Waals surface area contributed by atoms with Crippen molar-refractivity contribution >= 4 is 6.16 Å². The number of ether oxygens (including phenoxy) is 1. The van der Waals surface area contributed by atoms with E-state index in [2.05, 4.69) is 4.74 Å². The first kappa shape index (κ1) is 12.3. The summed E-state index contributed by atoms with van der Waals surface area (Å²) < 4.78 is 53.4. The summed E-state index contributed by atoms with van der Waals surface area (Å²) >= 11 is 0. The molecule has 16 heavy (non-hydrogen) atoms. The van der Waals surface area contributed by atoms with Crippen LogP contribution in [0.1, 0.15) is 11.1 Å². The van der Waals surface area contributed by atoms with E-state index in [0.717, 1.165) is 6.07 Å². The van der Waals surface area contributed by atoms with Crippen LogP contribution in [0.15, 0.2) is 18.2 Å². The lowest BCUT2D eigenvalue weighted by atomic mass is 10.1. The van der Waals surface area contributed by atoms with Crippen molar-refractivity contribution in [1.82, 2.24) is 0 Å². The van der Waals surface area contributed by atoms with E-state index in [9.17, 15) is 27.5 Å². The summed E-state index contributed by atoms with van der Waals surface area (Å²) in [5.41, 5.74) is -1.58. The number of halogens is 4. The first-order valence-electron chi connectivity index (χ1n) is 4.00. The lowest BCUT2D eigenvalue weighted by Gasteiger charge is -2.12. The predicted molar refractivity (Wildman–Crippen MR) is 41.6 cm³/mol. The Morgan fingerprint density at radius 2 is 2.00 bits per heavy atom. The monoisotopic (exact) mass is 237 g/mol. The fraction of sp³-hybridized carbons (Fsp3) is 0.222. The Kier molecular flexibility index (Phi) is 3.36. The maximum atomic E-state index is 12.8. The van der Waals surface area contributed by atoms with Gasteiger partial charge in [-0.25, -0.2) is 4.39 Å². The minimum absolute atomic E-state index is 0.113. The van der Waals surface area contributed by atoms with Gasteiger partial charge in [-0.2, -0.15) is 13.2 Å². The molecule has 0 fully saturated rings. The molecule has 1 aromatic rings. The van der Waals surface area contributed by atoms with Gasteiger partial charge < -0.3 is 14.6 Å². The molecule has 1 aromatic carbocycles. The molecule has 0 saturated carbocycles. The third kappa shape index (κ3) is 3.11. The fourth-order valence-corrected chi connectivity index (χ4v) is 1.02. The zero-order valence-electron chi connectivity index (χ0n) is 7.68. The Morgan fingerprint density at radius 1 is 1.38 bits per heavy atom. The molecule has 0 saturated heterocycles. The van der Waals surface area contributed by atoms with Gasteiger partial charge in [-0.05, 0) is 17.7 Å². The summed E-state index contributed by atoms with van der Waals surface area (Å²) in [5, 5.41) is 9.89. The van der Waals surface area contributed by atoms with Crippen LogP contribution in [-0.2, 0) is 17.5 Å². The van der Waals surface area contributed by atoms with Gasteiger partial charge >= 0.3 is 6.18 Å². The van der Waals surface area contributed by atoms with Gasteiger partial charge in [0.15, 0.2) is 0 Å². The van der Waals surface area contributed by atoms with Crippen molar-refractivity contribution in [1.29, 1.82) is 0 Å². The topological polar surface area (TPSA) is 49.4 Å². The van der Waals surface area contributed by atoms with Crippen molar-refractivity contribution in [3.8, 4) is 0 Å². The van der Waals surface area contributed by atoms with Gasteiger partial charge in [-0.3, -0.25) is 0 Å². The first-order valence-corrected chi connectivity index (χ1v) is 4.00. The summed E-state index contributed by atoms with van der Waals surface area (Å²) in [6.45, 7) is -0.619. The number of rotatable bonds is 2. The highest BCUT2D eigenvalue weighted by atomic mass is 19.4. The average molecular weight is 237 g/mol. The lowest BCUT2D eigenvalue weighted by Crippen LogP contribution is -2.23. The van der Waals surface area contributed by atoms with Gasteiger partial charge in [0.25, 0.3) is 6.16 Å². The molecule has 0 aliphatic carbocycles. The average Bonchev–Trinajstić information content (AvgIpc) is 2.14. The lowest BCUT2D eigenvalue weighted by molar-refractivity contribution is -0.284. The van der Waals surface area contributed by atoms with Gasteiger partial charge in [0.2, 0.25) is 0 Å². The number of hydrogen-bond acceptors (Lipinski definition) is 3.